The fourth-order valence-electron chi connectivity index (χ4n) is 4.34. The van der Waals surface area contributed by atoms with Crippen molar-refractivity contribution >= 4 is 39.0 Å². The Kier molecular flexibility index (Phi) is 8.68. The number of esters is 1. The van der Waals surface area contributed by atoms with Crippen LogP contribution in [0, 0.1) is 0 Å². The monoisotopic (exact) mass is 602 g/mol. The van der Waals surface area contributed by atoms with Crippen molar-refractivity contribution in [2.75, 3.05) is 13.7 Å². The molecule has 4 rings (SSSR count). The first-order chi connectivity index (χ1) is 18.4. The average molecular weight is 603 g/mol. The summed E-state index contributed by atoms with van der Waals surface area (Å²) in [5.74, 6) is -0.376. The number of benzene rings is 3. The van der Waals surface area contributed by atoms with Gasteiger partial charge in [0.05, 0.1) is 33.4 Å². The van der Waals surface area contributed by atoms with Gasteiger partial charge in [0.2, 0.25) is 0 Å². The predicted octanol–water partition coefficient (Wildman–Crippen LogP) is 6.61. The molecule has 39 heavy (non-hydrogen) atoms. The summed E-state index contributed by atoms with van der Waals surface area (Å²) in [6.07, 6.45) is -2.52. The summed E-state index contributed by atoms with van der Waals surface area (Å²) < 4.78 is 80.8. The van der Waals surface area contributed by atoms with Gasteiger partial charge >= 0.3 is 12.1 Å². The van der Waals surface area contributed by atoms with E-state index in [2.05, 4.69) is 4.74 Å². The van der Waals surface area contributed by atoms with E-state index in [1.54, 1.807) is 0 Å². The molecule has 0 heterocycles. The molecule has 0 fully saturated rings. The van der Waals surface area contributed by atoms with Gasteiger partial charge in [-0.15, -0.1) is 0 Å². The van der Waals surface area contributed by atoms with Crippen LogP contribution in [0.5, 0.6) is 11.5 Å². The third-order valence-corrected chi connectivity index (χ3v) is 8.51. The second-order valence-corrected chi connectivity index (χ2v) is 11.6. The molecule has 1 aliphatic rings. The van der Waals surface area contributed by atoms with Crippen molar-refractivity contribution in [2.24, 2.45) is 0 Å². The van der Waals surface area contributed by atoms with Gasteiger partial charge in [0.25, 0.3) is 0 Å². The van der Waals surface area contributed by atoms with Crippen LogP contribution in [-0.2, 0) is 50.7 Å². The maximum atomic E-state index is 13.4. The standard InChI is InChI=1S/C27H23Cl2F3O6S/c1-36-25(33)14-37-23-9-10-24(20-4-2-3-19(20)23)39(34,35)15-17-11-21(28)26(22(29)12-17)38-13-16-5-7-18(8-6-16)27(30,31)32/h5-12H,2-4,13-15H2,1H3. The molecular weight excluding hydrogens is 580 g/mol. The van der Waals surface area contributed by atoms with Crippen LogP contribution in [0.15, 0.2) is 53.4 Å². The maximum absolute atomic E-state index is 13.4. The second kappa shape index (κ2) is 11.7. The molecule has 0 amide bonds. The Hall–Kier alpha value is -2.95. The van der Waals surface area contributed by atoms with Gasteiger partial charge in [0.1, 0.15) is 12.4 Å². The third kappa shape index (κ3) is 6.80. The molecule has 0 N–H and O–H groups in total. The van der Waals surface area contributed by atoms with Crippen LogP contribution in [0.4, 0.5) is 13.2 Å². The second-order valence-electron chi connectivity index (χ2n) is 8.87. The number of hydrogen-bond donors (Lipinski definition) is 0. The van der Waals surface area contributed by atoms with Gasteiger partial charge in [0.15, 0.2) is 22.2 Å². The van der Waals surface area contributed by atoms with Crippen LogP contribution in [0.3, 0.4) is 0 Å². The fourth-order valence-corrected chi connectivity index (χ4v) is 6.62. The van der Waals surface area contributed by atoms with Gasteiger partial charge in [-0.1, -0.05) is 35.3 Å². The summed E-state index contributed by atoms with van der Waals surface area (Å²) in [4.78, 5) is 11.6. The Balaban J connectivity index is 1.50. The SMILES string of the molecule is COC(=O)COc1ccc(S(=O)(=O)Cc2cc(Cl)c(OCc3ccc(C(F)(F)F)cc3)c(Cl)c2)c2c1CCC2. The molecule has 3 aromatic carbocycles. The maximum Gasteiger partial charge on any atom is 0.416 e. The number of fused-ring (bicyclic) bond motifs is 1. The van der Waals surface area contributed by atoms with Crippen LogP contribution >= 0.6 is 23.2 Å². The predicted molar refractivity (Wildman–Crippen MR) is 139 cm³/mol. The highest BCUT2D eigenvalue weighted by Gasteiger charge is 2.30. The first-order valence-corrected chi connectivity index (χ1v) is 14.1. The minimum Gasteiger partial charge on any atom is -0.486 e. The van der Waals surface area contributed by atoms with Crippen molar-refractivity contribution in [1.82, 2.24) is 0 Å². The summed E-state index contributed by atoms with van der Waals surface area (Å²) in [6, 6.07) is 10.3. The molecular formula is C27H23Cl2F3O6S. The van der Waals surface area contributed by atoms with Gasteiger partial charge in [-0.05, 0) is 77.9 Å². The van der Waals surface area contributed by atoms with E-state index in [9.17, 15) is 26.4 Å². The van der Waals surface area contributed by atoms with Gasteiger partial charge in [-0.3, -0.25) is 0 Å². The zero-order chi connectivity index (χ0) is 28.4. The number of carbonyl (C=O) groups excluding carboxylic acids is 1. The van der Waals surface area contributed by atoms with Crippen LogP contribution in [-0.4, -0.2) is 28.1 Å². The van der Waals surface area contributed by atoms with E-state index in [4.69, 9.17) is 32.7 Å². The first-order valence-electron chi connectivity index (χ1n) is 11.7. The lowest BCUT2D eigenvalue weighted by Gasteiger charge is -2.15. The molecule has 0 saturated carbocycles. The van der Waals surface area contributed by atoms with Crippen LogP contribution < -0.4 is 9.47 Å². The average Bonchev–Trinajstić information content (AvgIpc) is 3.36. The molecule has 0 saturated heterocycles. The normalized spacial score (nSPS) is 13.2. The molecule has 0 spiro atoms. The lowest BCUT2D eigenvalue weighted by atomic mass is 10.1. The molecule has 0 bridgehead atoms. The van der Waals surface area contributed by atoms with E-state index in [1.165, 1.54) is 43.5 Å². The molecule has 0 unspecified atom stereocenters. The highest BCUT2D eigenvalue weighted by molar-refractivity contribution is 7.90. The Morgan fingerprint density at radius 3 is 2.18 bits per heavy atom. The molecule has 0 aliphatic heterocycles. The highest BCUT2D eigenvalue weighted by atomic mass is 35.5. The molecule has 0 aromatic heterocycles. The van der Waals surface area contributed by atoms with Crippen molar-refractivity contribution in [3.05, 3.63) is 86.4 Å². The van der Waals surface area contributed by atoms with E-state index in [1.807, 2.05) is 0 Å². The van der Waals surface area contributed by atoms with Crippen molar-refractivity contribution < 1.29 is 40.6 Å². The number of carbonyl (C=O) groups is 1. The number of hydrogen-bond acceptors (Lipinski definition) is 6. The van der Waals surface area contributed by atoms with E-state index in [0.29, 0.717) is 35.3 Å². The summed E-state index contributed by atoms with van der Waals surface area (Å²) in [5.41, 5.74) is 1.44. The smallest absolute Gasteiger partial charge is 0.416 e. The first kappa shape index (κ1) is 29.0. The summed E-state index contributed by atoms with van der Waals surface area (Å²) in [7, 11) is -2.55. The summed E-state index contributed by atoms with van der Waals surface area (Å²) >= 11 is 12.7. The Bertz CT molecular complexity index is 1470. The quantitative estimate of drug-likeness (QED) is 0.257. The number of halogens is 5. The van der Waals surface area contributed by atoms with Gasteiger partial charge in [0, 0.05) is 0 Å². The number of alkyl halides is 3. The van der Waals surface area contributed by atoms with Crippen LogP contribution in [0.1, 0.15) is 34.2 Å². The lowest BCUT2D eigenvalue weighted by molar-refractivity contribution is -0.143. The third-order valence-electron chi connectivity index (χ3n) is 6.19. The molecule has 12 heteroatoms. The molecule has 0 radical (unpaired) electrons. The topological polar surface area (TPSA) is 78.9 Å². The van der Waals surface area contributed by atoms with Crippen molar-refractivity contribution in [1.29, 1.82) is 0 Å². The van der Waals surface area contributed by atoms with Crippen LogP contribution in [0.2, 0.25) is 10.0 Å². The lowest BCUT2D eigenvalue weighted by Crippen LogP contribution is -2.14. The number of sulfone groups is 1. The Labute approximate surface area is 233 Å². The molecule has 208 valence electrons. The summed E-state index contributed by atoms with van der Waals surface area (Å²) in [6.45, 7) is -0.370. The highest BCUT2D eigenvalue weighted by Crippen LogP contribution is 2.39. The minimum absolute atomic E-state index is 0.0661. The summed E-state index contributed by atoms with van der Waals surface area (Å²) in [5, 5.41) is 0.132. The van der Waals surface area contributed by atoms with Gasteiger partial charge in [-0.25, -0.2) is 13.2 Å². The van der Waals surface area contributed by atoms with Crippen molar-refractivity contribution in [3.63, 3.8) is 0 Å². The van der Waals surface area contributed by atoms with Crippen molar-refractivity contribution in [2.45, 2.75) is 42.7 Å². The molecule has 0 atom stereocenters. The van der Waals surface area contributed by atoms with E-state index < -0.39 is 27.5 Å². The van der Waals surface area contributed by atoms with E-state index in [-0.39, 0.29) is 39.7 Å². The Morgan fingerprint density at radius 1 is 0.923 bits per heavy atom. The fraction of sp³-hybridized carbons (Fsp3) is 0.296. The number of rotatable bonds is 9. The number of ether oxygens (including phenoxy) is 3. The van der Waals surface area contributed by atoms with E-state index >= 15 is 0 Å². The Morgan fingerprint density at radius 2 is 1.56 bits per heavy atom. The minimum atomic E-state index is -4.44. The molecule has 1 aliphatic carbocycles. The molecule has 3 aromatic rings. The zero-order valence-corrected chi connectivity index (χ0v) is 22.9. The zero-order valence-electron chi connectivity index (χ0n) is 20.6. The molecule has 6 nitrogen and oxygen atoms in total. The van der Waals surface area contributed by atoms with Gasteiger partial charge in [-0.2, -0.15) is 13.2 Å². The van der Waals surface area contributed by atoms with Gasteiger partial charge < -0.3 is 14.2 Å². The van der Waals surface area contributed by atoms with Crippen molar-refractivity contribution in [3.8, 4) is 11.5 Å². The van der Waals surface area contributed by atoms with E-state index in [0.717, 1.165) is 24.1 Å². The van der Waals surface area contributed by atoms with Crippen LogP contribution in [0.25, 0.3) is 0 Å². The largest absolute Gasteiger partial charge is 0.486 e. The number of methoxy groups -OCH3 is 1.